The van der Waals surface area contributed by atoms with Crippen LogP contribution in [0.3, 0.4) is 0 Å². The van der Waals surface area contributed by atoms with E-state index in [-0.39, 0.29) is 11.2 Å². The number of hydrogen-bond acceptors (Lipinski definition) is 5. The maximum atomic E-state index is 12.4. The van der Waals surface area contributed by atoms with Gasteiger partial charge in [0, 0.05) is 17.6 Å². The average molecular weight is 401 g/mol. The van der Waals surface area contributed by atoms with Crippen LogP contribution in [0.5, 0.6) is 5.75 Å². The number of nitrogens with zero attached hydrogens (tertiary/aromatic N) is 3. The number of aromatic nitrogens is 3. The quantitative estimate of drug-likeness (QED) is 0.705. The van der Waals surface area contributed by atoms with Crippen molar-refractivity contribution in [1.29, 1.82) is 0 Å². The van der Waals surface area contributed by atoms with Gasteiger partial charge in [-0.1, -0.05) is 31.0 Å². The topological polar surface area (TPSA) is 69.0 Å². The predicted octanol–water partition coefficient (Wildman–Crippen LogP) is 4.22. The van der Waals surface area contributed by atoms with E-state index in [1.165, 1.54) is 31.0 Å². The number of hydrogen-bond donors (Lipinski definition) is 1. The van der Waals surface area contributed by atoms with Gasteiger partial charge in [-0.2, -0.15) is 0 Å². The van der Waals surface area contributed by atoms with E-state index in [1.807, 2.05) is 31.2 Å². The third-order valence-corrected chi connectivity index (χ3v) is 6.58. The van der Waals surface area contributed by atoms with Crippen molar-refractivity contribution in [2.45, 2.75) is 74.4 Å². The monoisotopic (exact) mass is 400 g/mol. The molecule has 2 fully saturated rings. The Bertz CT molecular complexity index is 810. The fraction of sp³-hybridized carbons (Fsp3) is 0.571. The Morgan fingerprint density at radius 3 is 2.50 bits per heavy atom. The minimum absolute atomic E-state index is 0.0942. The van der Waals surface area contributed by atoms with Crippen LogP contribution < -0.4 is 10.1 Å². The van der Waals surface area contributed by atoms with Crippen LogP contribution in [0.4, 0.5) is 0 Å². The van der Waals surface area contributed by atoms with E-state index in [4.69, 9.17) is 4.74 Å². The van der Waals surface area contributed by atoms with Crippen LogP contribution in [-0.2, 0) is 4.79 Å². The number of nitrogens with one attached hydrogen (secondary N) is 1. The molecule has 1 aromatic carbocycles. The van der Waals surface area contributed by atoms with E-state index in [2.05, 4.69) is 20.1 Å². The summed E-state index contributed by atoms with van der Waals surface area (Å²) >= 11 is 1.52. The molecule has 0 spiro atoms. The minimum atomic E-state index is -0.184. The van der Waals surface area contributed by atoms with E-state index in [0.29, 0.717) is 12.1 Å². The third kappa shape index (κ3) is 4.35. The van der Waals surface area contributed by atoms with Crippen molar-refractivity contribution in [3.63, 3.8) is 0 Å². The van der Waals surface area contributed by atoms with Gasteiger partial charge in [0.05, 0.1) is 12.4 Å². The second-order valence-corrected chi connectivity index (χ2v) is 9.05. The number of methoxy groups -OCH3 is 1. The Hall–Kier alpha value is -2.02. The zero-order valence-electron chi connectivity index (χ0n) is 16.6. The molecular weight excluding hydrogens is 372 g/mol. The molecule has 1 heterocycles. The van der Waals surface area contributed by atoms with Crippen molar-refractivity contribution in [3.05, 3.63) is 24.3 Å². The van der Waals surface area contributed by atoms with Crippen LogP contribution in [0.15, 0.2) is 29.4 Å². The van der Waals surface area contributed by atoms with Gasteiger partial charge in [-0.25, -0.2) is 0 Å². The van der Waals surface area contributed by atoms with Crippen LogP contribution in [-0.4, -0.2) is 39.1 Å². The summed E-state index contributed by atoms with van der Waals surface area (Å²) in [5.41, 5.74) is 1.03. The van der Waals surface area contributed by atoms with Crippen molar-refractivity contribution < 1.29 is 9.53 Å². The van der Waals surface area contributed by atoms with E-state index in [9.17, 15) is 4.79 Å². The molecule has 0 radical (unpaired) electrons. The minimum Gasteiger partial charge on any atom is -0.497 e. The summed E-state index contributed by atoms with van der Waals surface area (Å²) in [7, 11) is 1.67. The van der Waals surface area contributed by atoms with Crippen LogP contribution in [0.25, 0.3) is 11.4 Å². The highest BCUT2D eigenvalue weighted by molar-refractivity contribution is 8.00. The lowest BCUT2D eigenvalue weighted by Gasteiger charge is -2.26. The molecule has 6 nitrogen and oxygen atoms in total. The van der Waals surface area contributed by atoms with E-state index < -0.39 is 0 Å². The standard InChI is InChI=1S/C21H28N4O2S/c1-14(20(26)22-16-10-11-16)28-21-24-23-19(15-8-12-18(27-2)13-9-15)25(21)17-6-4-3-5-7-17/h8-9,12-14,16-17H,3-7,10-11H2,1-2H3,(H,22,26)/t14-/m0/s1. The highest BCUT2D eigenvalue weighted by atomic mass is 32.2. The first-order valence-electron chi connectivity index (χ1n) is 10.2. The predicted molar refractivity (Wildman–Crippen MR) is 111 cm³/mol. The first-order chi connectivity index (χ1) is 13.7. The maximum absolute atomic E-state index is 12.4. The van der Waals surface area contributed by atoms with E-state index in [1.54, 1.807) is 7.11 Å². The van der Waals surface area contributed by atoms with Gasteiger partial charge < -0.3 is 10.1 Å². The first kappa shape index (κ1) is 19.3. The Morgan fingerprint density at radius 2 is 1.86 bits per heavy atom. The molecule has 4 rings (SSSR count). The number of carbonyl (C=O) groups is 1. The lowest BCUT2D eigenvalue weighted by atomic mass is 9.95. The fourth-order valence-electron chi connectivity index (χ4n) is 3.72. The number of ether oxygens (including phenoxy) is 1. The van der Waals surface area contributed by atoms with Gasteiger partial charge in [-0.3, -0.25) is 9.36 Å². The molecule has 1 atom stereocenters. The van der Waals surface area contributed by atoms with Crippen molar-refractivity contribution >= 4 is 17.7 Å². The molecule has 1 aromatic heterocycles. The first-order valence-corrected chi connectivity index (χ1v) is 11.1. The third-order valence-electron chi connectivity index (χ3n) is 5.53. The average Bonchev–Trinajstić information content (AvgIpc) is 3.45. The Morgan fingerprint density at radius 1 is 1.14 bits per heavy atom. The van der Waals surface area contributed by atoms with Crippen LogP contribution in [0.2, 0.25) is 0 Å². The molecule has 0 saturated heterocycles. The van der Waals surface area contributed by atoms with Gasteiger partial charge in [0.1, 0.15) is 5.75 Å². The summed E-state index contributed by atoms with van der Waals surface area (Å²) < 4.78 is 7.55. The number of benzene rings is 1. The van der Waals surface area contributed by atoms with Gasteiger partial charge in [-0.05, 0) is 56.9 Å². The fourth-order valence-corrected chi connectivity index (χ4v) is 4.65. The smallest absolute Gasteiger partial charge is 0.233 e. The van der Waals surface area contributed by atoms with Crippen LogP contribution in [0, 0.1) is 0 Å². The largest absolute Gasteiger partial charge is 0.497 e. The molecule has 2 aliphatic rings. The zero-order chi connectivity index (χ0) is 19.5. The molecule has 0 bridgehead atoms. The molecule has 0 aliphatic heterocycles. The second-order valence-electron chi connectivity index (χ2n) is 7.74. The molecule has 2 aromatic rings. The van der Waals surface area contributed by atoms with Crippen molar-refractivity contribution in [1.82, 2.24) is 20.1 Å². The van der Waals surface area contributed by atoms with Gasteiger partial charge in [-0.15, -0.1) is 10.2 Å². The van der Waals surface area contributed by atoms with Gasteiger partial charge in [0.15, 0.2) is 11.0 Å². The number of amides is 1. The molecule has 2 saturated carbocycles. The van der Waals surface area contributed by atoms with E-state index in [0.717, 1.165) is 48.0 Å². The summed E-state index contributed by atoms with van der Waals surface area (Å²) in [6.07, 6.45) is 8.22. The zero-order valence-corrected chi connectivity index (χ0v) is 17.4. The summed E-state index contributed by atoms with van der Waals surface area (Å²) in [5, 5.41) is 12.8. The second kappa shape index (κ2) is 8.55. The van der Waals surface area contributed by atoms with E-state index >= 15 is 0 Å². The Kier molecular flexibility index (Phi) is 5.90. The molecule has 2 aliphatic carbocycles. The summed E-state index contributed by atoms with van der Waals surface area (Å²) in [5.74, 6) is 1.80. The normalized spacial score (nSPS) is 18.6. The van der Waals surface area contributed by atoms with Crippen LogP contribution in [0.1, 0.15) is 57.9 Å². The van der Waals surface area contributed by atoms with Crippen molar-refractivity contribution in [3.8, 4) is 17.1 Å². The van der Waals surface area contributed by atoms with Gasteiger partial charge in [0.25, 0.3) is 0 Å². The lowest BCUT2D eigenvalue weighted by molar-refractivity contribution is -0.120. The highest BCUT2D eigenvalue weighted by Crippen LogP contribution is 2.37. The van der Waals surface area contributed by atoms with Crippen molar-refractivity contribution in [2.75, 3.05) is 7.11 Å². The Balaban J connectivity index is 1.61. The van der Waals surface area contributed by atoms with Crippen LogP contribution >= 0.6 is 11.8 Å². The molecule has 7 heteroatoms. The number of carbonyl (C=O) groups excluding carboxylic acids is 1. The molecule has 1 N–H and O–H groups in total. The molecular formula is C21H28N4O2S. The molecule has 150 valence electrons. The number of rotatable bonds is 7. The van der Waals surface area contributed by atoms with Gasteiger partial charge >= 0.3 is 0 Å². The molecule has 1 amide bonds. The number of thioether (sulfide) groups is 1. The highest BCUT2D eigenvalue weighted by Gasteiger charge is 2.29. The summed E-state index contributed by atoms with van der Waals surface area (Å²) in [6.45, 7) is 1.95. The molecule has 28 heavy (non-hydrogen) atoms. The van der Waals surface area contributed by atoms with Gasteiger partial charge in [0.2, 0.25) is 5.91 Å². The van der Waals surface area contributed by atoms with Crippen molar-refractivity contribution in [2.24, 2.45) is 0 Å². The summed E-state index contributed by atoms with van der Waals surface area (Å²) in [6, 6.07) is 8.73. The molecule has 0 unspecified atom stereocenters. The maximum Gasteiger partial charge on any atom is 0.233 e. The Labute approximate surface area is 170 Å². The SMILES string of the molecule is COc1ccc(-c2nnc(S[C@@H](C)C(=O)NC3CC3)n2C2CCCCC2)cc1. The summed E-state index contributed by atoms with van der Waals surface area (Å²) in [4.78, 5) is 12.4. The lowest BCUT2D eigenvalue weighted by Crippen LogP contribution is -2.32.